The molecule has 3 rings (SSSR count). The number of benzene rings is 2. The van der Waals surface area contributed by atoms with Gasteiger partial charge in [-0.25, -0.2) is 17.7 Å². The van der Waals surface area contributed by atoms with Crippen LogP contribution in [0.4, 0.5) is 5.69 Å². The van der Waals surface area contributed by atoms with E-state index in [1.54, 1.807) is 18.3 Å². The van der Waals surface area contributed by atoms with Gasteiger partial charge in [0.25, 0.3) is 0 Å². The van der Waals surface area contributed by atoms with Crippen molar-refractivity contribution >= 4 is 33.4 Å². The summed E-state index contributed by atoms with van der Waals surface area (Å²) in [6.45, 7) is 0. The number of anilines is 1. The van der Waals surface area contributed by atoms with Crippen molar-refractivity contribution in [3.8, 4) is 11.3 Å². The van der Waals surface area contributed by atoms with Crippen LogP contribution < -0.4 is 5.32 Å². The van der Waals surface area contributed by atoms with Gasteiger partial charge in [0.2, 0.25) is 15.9 Å². The van der Waals surface area contributed by atoms with Crippen molar-refractivity contribution in [2.45, 2.75) is 10.1 Å². The summed E-state index contributed by atoms with van der Waals surface area (Å²) < 4.78 is 27.5. The average molecular weight is 431 g/mol. The Morgan fingerprint density at radius 2 is 1.86 bits per heavy atom. The summed E-state index contributed by atoms with van der Waals surface area (Å²) in [5, 5.41) is 3.47. The molecule has 0 fully saturated rings. The molecule has 9 heteroatoms. The van der Waals surface area contributed by atoms with Crippen LogP contribution in [-0.2, 0) is 21.9 Å². The summed E-state index contributed by atoms with van der Waals surface area (Å²) in [7, 11) is 1.28. The summed E-state index contributed by atoms with van der Waals surface area (Å²) in [5.41, 5.74) is 2.45. The van der Waals surface area contributed by atoms with E-state index < -0.39 is 10.0 Å². The third-order valence-electron chi connectivity index (χ3n) is 4.24. The highest BCUT2D eigenvalue weighted by molar-refractivity contribution is 7.99. The van der Waals surface area contributed by atoms with Gasteiger partial charge in [-0.3, -0.25) is 4.79 Å². The normalized spacial score (nSPS) is 11.6. The first-order chi connectivity index (χ1) is 13.8. The van der Waals surface area contributed by atoms with E-state index in [-0.39, 0.29) is 16.6 Å². The van der Waals surface area contributed by atoms with Crippen LogP contribution >= 0.6 is 11.8 Å². The molecule has 1 aromatic heterocycles. The number of carbonyl (C=O) groups excluding carboxylic acids is 1. The second-order valence-electron chi connectivity index (χ2n) is 6.50. The number of nitrogens with zero attached hydrogens (tertiary/aromatic N) is 3. The Morgan fingerprint density at radius 3 is 2.55 bits per heavy atom. The lowest BCUT2D eigenvalue weighted by Gasteiger charge is -2.12. The van der Waals surface area contributed by atoms with Crippen molar-refractivity contribution in [2.75, 3.05) is 25.2 Å². The van der Waals surface area contributed by atoms with Crippen molar-refractivity contribution in [3.05, 3.63) is 60.8 Å². The third-order valence-corrected chi connectivity index (χ3v) is 7.10. The molecule has 2 aromatic carbocycles. The Bertz CT molecular complexity index is 1110. The van der Waals surface area contributed by atoms with Crippen LogP contribution in [0.5, 0.6) is 0 Å². The molecule has 0 atom stereocenters. The van der Waals surface area contributed by atoms with E-state index in [0.29, 0.717) is 5.69 Å². The van der Waals surface area contributed by atoms with Crippen LogP contribution in [0.2, 0.25) is 0 Å². The standard InChI is InChI=1S/C20H22N4O3S2/c1-23(2)29(26,27)17-11-7-10-16(12-17)22-19(25)14-28-20-21-13-18(24(20)3)15-8-5-4-6-9-15/h4-13H,14H2,1-3H3,(H,22,25). The van der Waals surface area contributed by atoms with Gasteiger partial charge < -0.3 is 9.88 Å². The Morgan fingerprint density at radius 1 is 1.14 bits per heavy atom. The third kappa shape index (κ3) is 4.87. The average Bonchev–Trinajstić information content (AvgIpc) is 3.07. The molecular formula is C20H22N4O3S2. The summed E-state index contributed by atoms with van der Waals surface area (Å²) in [6.07, 6.45) is 1.78. The van der Waals surface area contributed by atoms with Crippen molar-refractivity contribution in [3.63, 3.8) is 0 Å². The highest BCUT2D eigenvalue weighted by atomic mass is 32.2. The van der Waals surface area contributed by atoms with Crippen molar-refractivity contribution < 1.29 is 13.2 Å². The van der Waals surface area contributed by atoms with Gasteiger partial charge in [0.05, 0.1) is 22.5 Å². The second kappa shape index (κ2) is 8.81. The highest BCUT2D eigenvalue weighted by Gasteiger charge is 2.18. The largest absolute Gasteiger partial charge is 0.325 e. The zero-order chi connectivity index (χ0) is 21.0. The summed E-state index contributed by atoms with van der Waals surface area (Å²) in [6, 6.07) is 16.1. The monoisotopic (exact) mass is 430 g/mol. The summed E-state index contributed by atoms with van der Waals surface area (Å²) in [4.78, 5) is 16.9. The lowest BCUT2D eigenvalue weighted by Crippen LogP contribution is -2.22. The Balaban J connectivity index is 1.65. The molecule has 1 N–H and O–H groups in total. The minimum Gasteiger partial charge on any atom is -0.325 e. The fourth-order valence-corrected chi connectivity index (χ4v) is 4.38. The summed E-state index contributed by atoms with van der Waals surface area (Å²) in [5.74, 6) is -0.0809. The van der Waals surface area contributed by atoms with Gasteiger partial charge in [-0.1, -0.05) is 48.2 Å². The van der Waals surface area contributed by atoms with Crippen LogP contribution in [0.3, 0.4) is 0 Å². The SMILES string of the molecule is CN(C)S(=O)(=O)c1cccc(NC(=O)CSc2ncc(-c3ccccc3)n2C)c1. The van der Waals surface area contributed by atoms with E-state index >= 15 is 0 Å². The highest BCUT2D eigenvalue weighted by Crippen LogP contribution is 2.25. The maximum absolute atomic E-state index is 12.3. The number of rotatable bonds is 7. The fourth-order valence-electron chi connectivity index (χ4n) is 2.68. The van der Waals surface area contributed by atoms with Gasteiger partial charge in [0.1, 0.15) is 0 Å². The maximum Gasteiger partial charge on any atom is 0.242 e. The Hall–Kier alpha value is -2.62. The summed E-state index contributed by atoms with van der Waals surface area (Å²) >= 11 is 1.32. The molecule has 0 aliphatic rings. The molecule has 1 amide bonds. The van der Waals surface area contributed by atoms with Crippen LogP contribution in [0, 0.1) is 0 Å². The number of hydrogen-bond donors (Lipinski definition) is 1. The number of aromatic nitrogens is 2. The molecule has 0 saturated heterocycles. The smallest absolute Gasteiger partial charge is 0.242 e. The predicted octanol–water partition coefficient (Wildman–Crippen LogP) is 3.07. The van der Waals surface area contributed by atoms with Gasteiger partial charge in [-0.05, 0) is 23.8 Å². The molecule has 1 heterocycles. The van der Waals surface area contributed by atoms with Crippen molar-refractivity contribution in [1.29, 1.82) is 0 Å². The minimum atomic E-state index is -3.56. The Labute approximate surface area is 174 Å². The van der Waals surface area contributed by atoms with Gasteiger partial charge >= 0.3 is 0 Å². The molecule has 0 bridgehead atoms. The molecule has 29 heavy (non-hydrogen) atoms. The fraction of sp³-hybridized carbons (Fsp3) is 0.200. The number of hydrogen-bond acceptors (Lipinski definition) is 5. The Kier molecular flexibility index (Phi) is 6.41. The maximum atomic E-state index is 12.3. The number of amides is 1. The van der Waals surface area contributed by atoms with E-state index in [4.69, 9.17) is 0 Å². The van der Waals surface area contributed by atoms with Gasteiger partial charge in [-0.2, -0.15) is 0 Å². The van der Waals surface area contributed by atoms with Crippen LogP contribution in [-0.4, -0.2) is 48.0 Å². The first kappa shape index (κ1) is 21.1. The number of imidazole rings is 1. The van der Waals surface area contributed by atoms with E-state index in [1.165, 1.54) is 38.0 Å². The van der Waals surface area contributed by atoms with Gasteiger partial charge in [0.15, 0.2) is 5.16 Å². The predicted molar refractivity (Wildman–Crippen MR) is 115 cm³/mol. The second-order valence-corrected chi connectivity index (χ2v) is 9.60. The molecule has 0 aliphatic heterocycles. The first-order valence-electron chi connectivity index (χ1n) is 8.81. The zero-order valence-electron chi connectivity index (χ0n) is 16.4. The molecule has 0 unspecified atom stereocenters. The molecule has 0 aliphatic carbocycles. The number of nitrogens with one attached hydrogen (secondary N) is 1. The van der Waals surface area contributed by atoms with Gasteiger partial charge in [0, 0.05) is 26.8 Å². The van der Waals surface area contributed by atoms with Crippen molar-refractivity contribution in [2.24, 2.45) is 7.05 Å². The van der Waals surface area contributed by atoms with Crippen LogP contribution in [0.15, 0.2) is 70.8 Å². The number of sulfonamides is 1. The van der Waals surface area contributed by atoms with E-state index in [1.807, 2.05) is 41.9 Å². The minimum absolute atomic E-state index is 0.129. The van der Waals surface area contributed by atoms with E-state index in [9.17, 15) is 13.2 Å². The first-order valence-corrected chi connectivity index (χ1v) is 11.2. The zero-order valence-corrected chi connectivity index (χ0v) is 18.0. The van der Waals surface area contributed by atoms with E-state index in [0.717, 1.165) is 20.7 Å². The lowest BCUT2D eigenvalue weighted by molar-refractivity contribution is -0.113. The van der Waals surface area contributed by atoms with Crippen LogP contribution in [0.1, 0.15) is 0 Å². The molecule has 0 spiro atoms. The molecule has 0 radical (unpaired) electrons. The van der Waals surface area contributed by atoms with Crippen molar-refractivity contribution in [1.82, 2.24) is 13.9 Å². The lowest BCUT2D eigenvalue weighted by atomic mass is 10.2. The quantitative estimate of drug-likeness (QED) is 0.583. The number of carbonyl (C=O) groups is 1. The molecular weight excluding hydrogens is 408 g/mol. The topological polar surface area (TPSA) is 84.3 Å². The van der Waals surface area contributed by atoms with Crippen LogP contribution in [0.25, 0.3) is 11.3 Å². The van der Waals surface area contributed by atoms with Gasteiger partial charge in [-0.15, -0.1) is 0 Å². The number of thioether (sulfide) groups is 1. The molecule has 0 saturated carbocycles. The molecule has 3 aromatic rings. The molecule has 152 valence electrons. The van der Waals surface area contributed by atoms with E-state index in [2.05, 4.69) is 10.3 Å². The molecule has 7 nitrogen and oxygen atoms in total.